The first-order valence-electron chi connectivity index (χ1n) is 8.81. The summed E-state index contributed by atoms with van der Waals surface area (Å²) in [6.07, 6.45) is 1.76. The lowest BCUT2D eigenvalue weighted by Crippen LogP contribution is -2.31. The Balaban J connectivity index is 1.71. The second kappa shape index (κ2) is 11.0. The fourth-order valence-electron chi connectivity index (χ4n) is 2.22. The van der Waals surface area contributed by atoms with Gasteiger partial charge in [-0.3, -0.25) is 14.4 Å². The van der Waals surface area contributed by atoms with E-state index in [1.54, 1.807) is 6.08 Å². The largest absolute Gasteiger partial charge is 0.452 e. The van der Waals surface area contributed by atoms with Crippen molar-refractivity contribution >= 4 is 41.1 Å². The van der Waals surface area contributed by atoms with Crippen molar-refractivity contribution in [3.05, 3.63) is 71.0 Å². The number of anilines is 1. The zero-order valence-electron chi connectivity index (χ0n) is 15.7. The summed E-state index contributed by atoms with van der Waals surface area (Å²) >= 11 is 5.65. The maximum absolute atomic E-state index is 13.7. The topological polar surface area (TPSA) is 84.5 Å². The van der Waals surface area contributed by atoms with Crippen LogP contribution < -0.4 is 10.6 Å². The molecule has 0 aliphatic carbocycles. The molecule has 0 spiro atoms. The van der Waals surface area contributed by atoms with E-state index in [1.165, 1.54) is 25.1 Å². The van der Waals surface area contributed by atoms with Crippen LogP contribution in [0.25, 0.3) is 6.08 Å². The van der Waals surface area contributed by atoms with Crippen LogP contribution in [0, 0.1) is 5.82 Å². The standard InChI is InChI=1S/C21H20ClFN2O4/c1-14(21(28)25-18-9-8-16(22)13-17(18)23)29-20(27)11-12-24-19(26)10-7-15-5-3-2-4-6-15/h2-10,13-14H,11-12H2,1H3,(H,24,26)(H,25,28)/b10-7+/t14-/m0/s1. The summed E-state index contributed by atoms with van der Waals surface area (Å²) in [5, 5.41) is 5.07. The first-order chi connectivity index (χ1) is 13.8. The molecular formula is C21H20ClFN2O4. The molecule has 2 aromatic rings. The van der Waals surface area contributed by atoms with Gasteiger partial charge >= 0.3 is 5.97 Å². The minimum Gasteiger partial charge on any atom is -0.452 e. The summed E-state index contributed by atoms with van der Waals surface area (Å²) in [7, 11) is 0. The molecule has 2 aromatic carbocycles. The number of ether oxygens (including phenoxy) is 1. The van der Waals surface area contributed by atoms with Crippen molar-refractivity contribution in [1.82, 2.24) is 5.32 Å². The number of halogens is 2. The average Bonchev–Trinajstić information content (AvgIpc) is 2.69. The molecule has 0 fully saturated rings. The molecule has 0 aromatic heterocycles. The second-order valence-electron chi connectivity index (χ2n) is 6.03. The first-order valence-corrected chi connectivity index (χ1v) is 9.19. The normalized spacial score (nSPS) is 11.7. The molecule has 1 atom stereocenters. The highest BCUT2D eigenvalue weighted by molar-refractivity contribution is 6.30. The molecule has 0 unspecified atom stereocenters. The van der Waals surface area contributed by atoms with E-state index in [2.05, 4.69) is 10.6 Å². The predicted molar refractivity (Wildman–Crippen MR) is 109 cm³/mol. The summed E-state index contributed by atoms with van der Waals surface area (Å²) in [6.45, 7) is 1.42. The maximum Gasteiger partial charge on any atom is 0.308 e. The van der Waals surface area contributed by atoms with Crippen molar-refractivity contribution in [2.24, 2.45) is 0 Å². The zero-order chi connectivity index (χ0) is 21.2. The van der Waals surface area contributed by atoms with Gasteiger partial charge in [-0.2, -0.15) is 0 Å². The molecule has 2 amide bonds. The highest BCUT2D eigenvalue weighted by atomic mass is 35.5. The number of carbonyl (C=O) groups is 3. The third-order valence-electron chi connectivity index (χ3n) is 3.72. The molecule has 2 N–H and O–H groups in total. The molecule has 29 heavy (non-hydrogen) atoms. The van der Waals surface area contributed by atoms with Crippen molar-refractivity contribution < 1.29 is 23.5 Å². The van der Waals surface area contributed by atoms with Crippen LogP contribution in [-0.2, 0) is 19.1 Å². The van der Waals surface area contributed by atoms with Crippen molar-refractivity contribution in [3.63, 3.8) is 0 Å². The van der Waals surface area contributed by atoms with Crippen LogP contribution in [0.3, 0.4) is 0 Å². The number of amides is 2. The zero-order valence-corrected chi connectivity index (χ0v) is 16.4. The van der Waals surface area contributed by atoms with E-state index in [9.17, 15) is 18.8 Å². The molecule has 0 saturated carbocycles. The van der Waals surface area contributed by atoms with Gasteiger partial charge in [-0.1, -0.05) is 41.9 Å². The minimum absolute atomic E-state index is 0.0525. The van der Waals surface area contributed by atoms with Crippen molar-refractivity contribution in [1.29, 1.82) is 0 Å². The molecule has 0 heterocycles. The van der Waals surface area contributed by atoms with Crippen molar-refractivity contribution in [2.45, 2.75) is 19.4 Å². The van der Waals surface area contributed by atoms with Gasteiger partial charge in [0.1, 0.15) is 5.82 Å². The Bertz CT molecular complexity index is 903. The third-order valence-corrected chi connectivity index (χ3v) is 3.96. The van der Waals surface area contributed by atoms with Crippen LogP contribution in [0.2, 0.25) is 5.02 Å². The second-order valence-corrected chi connectivity index (χ2v) is 6.47. The monoisotopic (exact) mass is 418 g/mol. The molecule has 8 heteroatoms. The SMILES string of the molecule is C[C@H](OC(=O)CCNC(=O)/C=C/c1ccccc1)C(=O)Nc1ccc(Cl)cc1F. The lowest BCUT2D eigenvalue weighted by molar-refractivity contribution is -0.153. The van der Waals surface area contributed by atoms with Crippen molar-refractivity contribution in [3.8, 4) is 0 Å². The Morgan fingerprint density at radius 2 is 1.90 bits per heavy atom. The van der Waals surface area contributed by atoms with Crippen LogP contribution in [0.4, 0.5) is 10.1 Å². The Labute approximate surface area is 172 Å². The van der Waals surface area contributed by atoms with E-state index < -0.39 is 23.8 Å². The molecule has 0 saturated heterocycles. The smallest absolute Gasteiger partial charge is 0.308 e. The lowest BCUT2D eigenvalue weighted by atomic mass is 10.2. The van der Waals surface area contributed by atoms with E-state index in [-0.39, 0.29) is 29.6 Å². The highest BCUT2D eigenvalue weighted by Gasteiger charge is 2.19. The lowest BCUT2D eigenvalue weighted by Gasteiger charge is -2.14. The first kappa shape index (κ1) is 22.1. The van der Waals surface area contributed by atoms with E-state index in [0.29, 0.717) is 0 Å². The van der Waals surface area contributed by atoms with Crippen LogP contribution in [0.15, 0.2) is 54.6 Å². The van der Waals surface area contributed by atoms with Gasteiger partial charge in [0.05, 0.1) is 12.1 Å². The number of nitrogens with one attached hydrogen (secondary N) is 2. The van der Waals surface area contributed by atoms with Crippen LogP contribution in [-0.4, -0.2) is 30.4 Å². The van der Waals surface area contributed by atoms with Gasteiger partial charge in [0, 0.05) is 17.6 Å². The van der Waals surface area contributed by atoms with E-state index in [4.69, 9.17) is 16.3 Å². The van der Waals surface area contributed by atoms with Gasteiger partial charge in [-0.25, -0.2) is 4.39 Å². The number of hydrogen-bond acceptors (Lipinski definition) is 4. The Morgan fingerprint density at radius 3 is 2.59 bits per heavy atom. The van der Waals surface area contributed by atoms with Gasteiger partial charge in [0.25, 0.3) is 5.91 Å². The van der Waals surface area contributed by atoms with Gasteiger partial charge in [-0.05, 0) is 36.8 Å². The van der Waals surface area contributed by atoms with E-state index >= 15 is 0 Å². The molecule has 152 valence electrons. The fourth-order valence-corrected chi connectivity index (χ4v) is 2.38. The molecular weight excluding hydrogens is 399 g/mol. The third kappa shape index (κ3) is 7.75. The Morgan fingerprint density at radius 1 is 1.17 bits per heavy atom. The summed E-state index contributed by atoms with van der Waals surface area (Å²) in [6, 6.07) is 13.1. The Kier molecular flexibility index (Phi) is 8.36. The molecule has 0 radical (unpaired) electrons. The number of carbonyl (C=O) groups excluding carboxylic acids is 3. The minimum atomic E-state index is -1.13. The van der Waals surface area contributed by atoms with Crippen LogP contribution in [0.1, 0.15) is 18.9 Å². The van der Waals surface area contributed by atoms with Gasteiger partial charge in [0.2, 0.25) is 5.91 Å². The number of benzene rings is 2. The predicted octanol–water partition coefficient (Wildman–Crippen LogP) is 3.57. The molecule has 2 rings (SSSR count). The maximum atomic E-state index is 13.7. The van der Waals surface area contributed by atoms with Gasteiger partial charge < -0.3 is 15.4 Å². The summed E-state index contributed by atoms with van der Waals surface area (Å²) < 4.78 is 18.7. The number of hydrogen-bond donors (Lipinski definition) is 2. The van der Waals surface area contributed by atoms with Crippen LogP contribution in [0.5, 0.6) is 0 Å². The van der Waals surface area contributed by atoms with E-state index in [1.807, 2.05) is 30.3 Å². The molecule has 0 aliphatic heterocycles. The summed E-state index contributed by atoms with van der Waals surface area (Å²) in [5.41, 5.74) is 0.804. The van der Waals surface area contributed by atoms with Gasteiger partial charge in [0.15, 0.2) is 6.10 Å². The highest BCUT2D eigenvalue weighted by Crippen LogP contribution is 2.19. The summed E-state index contributed by atoms with van der Waals surface area (Å²) in [5.74, 6) is -2.41. The van der Waals surface area contributed by atoms with Crippen molar-refractivity contribution in [2.75, 3.05) is 11.9 Å². The van der Waals surface area contributed by atoms with Crippen LogP contribution >= 0.6 is 11.6 Å². The quantitative estimate of drug-likeness (QED) is 0.507. The number of rotatable bonds is 8. The number of esters is 1. The fraction of sp³-hybridized carbons (Fsp3) is 0.190. The van der Waals surface area contributed by atoms with E-state index in [0.717, 1.165) is 11.6 Å². The molecule has 0 bridgehead atoms. The Hall–Kier alpha value is -3.19. The summed E-state index contributed by atoms with van der Waals surface area (Å²) in [4.78, 5) is 35.6. The molecule has 0 aliphatic rings. The molecule has 6 nitrogen and oxygen atoms in total. The van der Waals surface area contributed by atoms with Gasteiger partial charge in [-0.15, -0.1) is 0 Å². The average molecular weight is 419 g/mol.